The van der Waals surface area contributed by atoms with E-state index in [2.05, 4.69) is 12.3 Å². The number of piperidine rings is 1. The highest BCUT2D eigenvalue weighted by Crippen LogP contribution is 2.17. The van der Waals surface area contributed by atoms with Gasteiger partial charge in [0.05, 0.1) is 4.88 Å². The van der Waals surface area contributed by atoms with Gasteiger partial charge in [-0.05, 0) is 31.4 Å². The topological polar surface area (TPSA) is 32.3 Å². The number of carbonyl (C=O) groups excluding carboxylic acids is 1. The molecule has 0 spiro atoms. The molecule has 1 aromatic heterocycles. The number of hydrogen-bond donors (Lipinski definition) is 1. The number of carbonyl (C=O) groups is 1. The second-order valence-electron chi connectivity index (χ2n) is 4.11. The Labute approximate surface area is 100 Å². The molecule has 0 atom stereocenters. The van der Waals surface area contributed by atoms with Crippen molar-refractivity contribution < 1.29 is 4.79 Å². The summed E-state index contributed by atoms with van der Waals surface area (Å²) in [5.41, 5.74) is 2.98. The lowest BCUT2D eigenvalue weighted by molar-refractivity contribution is 0.0754. The molecule has 0 bridgehead atoms. The molecule has 1 aliphatic rings. The van der Waals surface area contributed by atoms with E-state index < -0.39 is 0 Å². The Balaban J connectivity index is 1.91. The lowest BCUT2D eigenvalue weighted by Crippen LogP contribution is -2.44. The highest BCUT2D eigenvalue weighted by atomic mass is 32.1. The minimum Gasteiger partial charge on any atom is -0.284 e. The summed E-state index contributed by atoms with van der Waals surface area (Å²) in [4.78, 5) is 14.0. The minimum atomic E-state index is 0.0478. The predicted molar refractivity (Wildman–Crippen MR) is 66.6 cm³/mol. The zero-order valence-electron chi connectivity index (χ0n) is 9.66. The average Bonchev–Trinajstić information content (AvgIpc) is 2.79. The van der Waals surface area contributed by atoms with E-state index in [1.165, 1.54) is 24.1 Å². The van der Waals surface area contributed by atoms with Crippen LogP contribution in [0.3, 0.4) is 0 Å². The van der Waals surface area contributed by atoms with Gasteiger partial charge in [-0.1, -0.05) is 13.3 Å². The third kappa shape index (κ3) is 2.83. The van der Waals surface area contributed by atoms with Crippen LogP contribution in [-0.4, -0.2) is 24.0 Å². The minimum absolute atomic E-state index is 0.0478. The van der Waals surface area contributed by atoms with Crippen molar-refractivity contribution in [3.05, 3.63) is 21.9 Å². The van der Waals surface area contributed by atoms with Gasteiger partial charge in [0, 0.05) is 18.0 Å². The molecule has 4 heteroatoms. The molecule has 0 aromatic carbocycles. The van der Waals surface area contributed by atoms with Crippen LogP contribution in [-0.2, 0) is 6.42 Å². The fourth-order valence-corrected chi connectivity index (χ4v) is 2.73. The van der Waals surface area contributed by atoms with Crippen molar-refractivity contribution >= 4 is 17.2 Å². The molecular weight excluding hydrogens is 220 g/mol. The third-order valence-corrected chi connectivity index (χ3v) is 4.08. The molecule has 0 radical (unpaired) electrons. The van der Waals surface area contributed by atoms with E-state index in [9.17, 15) is 4.79 Å². The molecule has 1 amide bonds. The number of nitrogens with zero attached hydrogens (tertiary/aromatic N) is 1. The predicted octanol–water partition coefficient (Wildman–Crippen LogP) is 2.44. The molecule has 1 aliphatic heterocycles. The normalized spacial score (nSPS) is 17.3. The zero-order valence-corrected chi connectivity index (χ0v) is 10.5. The van der Waals surface area contributed by atoms with Crippen LogP contribution >= 0.6 is 11.3 Å². The van der Waals surface area contributed by atoms with Gasteiger partial charge in [0.2, 0.25) is 0 Å². The van der Waals surface area contributed by atoms with Crippen molar-refractivity contribution in [2.45, 2.75) is 32.6 Å². The zero-order chi connectivity index (χ0) is 11.4. The fourth-order valence-electron chi connectivity index (χ4n) is 1.89. The largest absolute Gasteiger partial charge is 0.284 e. The van der Waals surface area contributed by atoms with E-state index in [-0.39, 0.29) is 5.91 Å². The first kappa shape index (κ1) is 11.6. The molecule has 1 saturated heterocycles. The van der Waals surface area contributed by atoms with Crippen LogP contribution < -0.4 is 5.43 Å². The number of amides is 1. The van der Waals surface area contributed by atoms with Gasteiger partial charge < -0.3 is 0 Å². The Morgan fingerprint density at radius 2 is 2.12 bits per heavy atom. The van der Waals surface area contributed by atoms with Crippen molar-refractivity contribution in [3.63, 3.8) is 0 Å². The number of rotatable bonds is 3. The molecule has 2 rings (SSSR count). The molecule has 1 N–H and O–H groups in total. The molecule has 0 saturated carbocycles. The van der Waals surface area contributed by atoms with Crippen molar-refractivity contribution in [1.29, 1.82) is 0 Å². The van der Waals surface area contributed by atoms with Crippen LogP contribution in [0.1, 0.15) is 40.7 Å². The molecule has 3 nitrogen and oxygen atoms in total. The van der Waals surface area contributed by atoms with Crippen LogP contribution in [0.25, 0.3) is 0 Å². The van der Waals surface area contributed by atoms with Gasteiger partial charge in [-0.25, -0.2) is 5.01 Å². The van der Waals surface area contributed by atoms with Crippen LogP contribution in [0.4, 0.5) is 0 Å². The number of hydrazine groups is 1. The molecule has 88 valence electrons. The van der Waals surface area contributed by atoms with Gasteiger partial charge in [-0.2, -0.15) is 0 Å². The smallest absolute Gasteiger partial charge is 0.275 e. The van der Waals surface area contributed by atoms with Gasteiger partial charge in [0.15, 0.2) is 0 Å². The number of aryl methyl sites for hydroxylation is 1. The maximum atomic E-state index is 11.9. The maximum absolute atomic E-state index is 11.9. The SMILES string of the molecule is CCc1ccc(C(=O)NN2CCCCC2)s1. The molecule has 2 heterocycles. The Morgan fingerprint density at radius 3 is 2.75 bits per heavy atom. The number of thiophene rings is 1. The second kappa shape index (κ2) is 5.46. The van der Waals surface area contributed by atoms with Gasteiger partial charge in [-0.15, -0.1) is 11.3 Å². The molecule has 1 aromatic rings. The Kier molecular flexibility index (Phi) is 3.96. The highest BCUT2D eigenvalue weighted by molar-refractivity contribution is 7.14. The second-order valence-corrected chi connectivity index (χ2v) is 5.28. The summed E-state index contributed by atoms with van der Waals surface area (Å²) < 4.78 is 0. The first-order valence-electron chi connectivity index (χ1n) is 5.94. The summed E-state index contributed by atoms with van der Waals surface area (Å²) in [7, 11) is 0. The third-order valence-electron chi connectivity index (χ3n) is 2.85. The first-order valence-corrected chi connectivity index (χ1v) is 6.76. The summed E-state index contributed by atoms with van der Waals surface area (Å²) in [6.45, 7) is 4.08. The van der Waals surface area contributed by atoms with Gasteiger partial charge in [-0.3, -0.25) is 10.2 Å². The molecular formula is C12H18N2OS. The van der Waals surface area contributed by atoms with Crippen LogP contribution in [0.5, 0.6) is 0 Å². The summed E-state index contributed by atoms with van der Waals surface area (Å²) in [6, 6.07) is 3.96. The van der Waals surface area contributed by atoms with E-state index in [4.69, 9.17) is 0 Å². The first-order chi connectivity index (χ1) is 7.79. The Bertz CT molecular complexity index is 356. The van der Waals surface area contributed by atoms with Crippen molar-refractivity contribution in [2.75, 3.05) is 13.1 Å². The average molecular weight is 238 g/mol. The van der Waals surface area contributed by atoms with Crippen molar-refractivity contribution in [3.8, 4) is 0 Å². The molecule has 0 aliphatic carbocycles. The summed E-state index contributed by atoms with van der Waals surface area (Å²) in [5.74, 6) is 0.0478. The Morgan fingerprint density at radius 1 is 1.38 bits per heavy atom. The molecule has 1 fully saturated rings. The standard InChI is InChI=1S/C12H18N2OS/c1-2-10-6-7-11(16-10)12(15)13-14-8-4-3-5-9-14/h6-7H,2-5,8-9H2,1H3,(H,13,15). The van der Waals surface area contributed by atoms with E-state index in [0.717, 1.165) is 24.4 Å². The van der Waals surface area contributed by atoms with Gasteiger partial charge >= 0.3 is 0 Å². The van der Waals surface area contributed by atoms with Crippen molar-refractivity contribution in [2.24, 2.45) is 0 Å². The van der Waals surface area contributed by atoms with Gasteiger partial charge in [0.1, 0.15) is 0 Å². The maximum Gasteiger partial charge on any atom is 0.275 e. The molecule has 16 heavy (non-hydrogen) atoms. The lowest BCUT2D eigenvalue weighted by Gasteiger charge is -2.26. The quantitative estimate of drug-likeness (QED) is 0.877. The highest BCUT2D eigenvalue weighted by Gasteiger charge is 2.15. The van der Waals surface area contributed by atoms with Gasteiger partial charge in [0.25, 0.3) is 5.91 Å². The van der Waals surface area contributed by atoms with Crippen LogP contribution in [0.15, 0.2) is 12.1 Å². The monoisotopic (exact) mass is 238 g/mol. The summed E-state index contributed by atoms with van der Waals surface area (Å²) in [5, 5.41) is 2.04. The van der Waals surface area contributed by atoms with E-state index in [1.54, 1.807) is 11.3 Å². The van der Waals surface area contributed by atoms with E-state index in [0.29, 0.717) is 0 Å². The molecule has 0 unspecified atom stereocenters. The number of hydrogen-bond acceptors (Lipinski definition) is 3. The van der Waals surface area contributed by atoms with E-state index in [1.807, 2.05) is 17.1 Å². The Hall–Kier alpha value is -0.870. The van der Waals surface area contributed by atoms with E-state index >= 15 is 0 Å². The summed E-state index contributed by atoms with van der Waals surface area (Å²) >= 11 is 1.59. The lowest BCUT2D eigenvalue weighted by atomic mass is 10.2. The van der Waals surface area contributed by atoms with Crippen LogP contribution in [0.2, 0.25) is 0 Å². The summed E-state index contributed by atoms with van der Waals surface area (Å²) in [6.07, 6.45) is 4.66. The van der Waals surface area contributed by atoms with Crippen LogP contribution in [0, 0.1) is 0 Å². The van der Waals surface area contributed by atoms with Crippen molar-refractivity contribution in [1.82, 2.24) is 10.4 Å². The fraction of sp³-hybridized carbons (Fsp3) is 0.583. The number of nitrogens with one attached hydrogen (secondary N) is 1.